The lowest BCUT2D eigenvalue weighted by Gasteiger charge is -2.32. The third-order valence-corrected chi connectivity index (χ3v) is 24.2. The van der Waals surface area contributed by atoms with Gasteiger partial charge in [0.2, 0.25) is 0 Å². The normalized spacial score (nSPS) is 28.2. The molecule has 0 aliphatic carbocycles. The van der Waals surface area contributed by atoms with E-state index in [1.165, 1.54) is 9.80 Å². The van der Waals surface area contributed by atoms with Crippen molar-refractivity contribution in [3.05, 3.63) is 178 Å². The molecule has 0 aromatic heterocycles. The predicted octanol–water partition coefficient (Wildman–Crippen LogP) is 16.1. The standard InChI is InChI=1S/6C15H23NO2S/c6*1-3-9-16-10-5-7-14(12-16)13-6-4-8-15(11-13)19(2,17)18/h6*4,6,8,11,14H,3,5,7,9-10,12H2,1-2H3/i2D3,3D2,4D,6D,8D,9D2,11D;3D2,4D,6D,8D,9D2,11D;2D3,4D,6D,8D,9D2,11D;4D,6D,8D,9D2,11D;2D3,4D,6D,8D,11D;4D,6D,8D,11D. The van der Waals surface area contributed by atoms with Crippen molar-refractivity contribution in [1.82, 2.24) is 29.4 Å². The lowest BCUT2D eigenvalue weighted by Crippen LogP contribution is -2.34. The fourth-order valence-electron chi connectivity index (χ4n) is 14.0. The van der Waals surface area contributed by atoms with E-state index in [2.05, 4.69) is 16.7 Å². The zero-order valence-electron chi connectivity index (χ0n) is 111. The molecule has 6 aromatic rings. The van der Waals surface area contributed by atoms with E-state index >= 15 is 0 Å². The van der Waals surface area contributed by atoms with E-state index in [1.807, 2.05) is 6.92 Å². The highest BCUT2D eigenvalue weighted by Crippen LogP contribution is 2.35. The van der Waals surface area contributed by atoms with Gasteiger partial charge in [-0.1, -0.05) is 114 Å². The summed E-state index contributed by atoms with van der Waals surface area (Å²) < 4.78 is 501. The molecule has 6 atom stereocenters. The number of likely N-dealkylation sites (tertiary alicyclic amines) is 6. The largest absolute Gasteiger partial charge is 0.303 e. The van der Waals surface area contributed by atoms with Crippen molar-refractivity contribution in [2.24, 2.45) is 0 Å². The minimum absolute atomic E-state index is 0.00189. The lowest BCUT2D eigenvalue weighted by molar-refractivity contribution is 0.208. The van der Waals surface area contributed by atoms with Gasteiger partial charge in [-0.2, -0.15) is 0 Å². The lowest BCUT2D eigenvalue weighted by atomic mass is 9.90. The molecule has 0 spiro atoms. The molecule has 6 heterocycles. The van der Waals surface area contributed by atoms with Crippen molar-refractivity contribution in [2.45, 2.75) is 222 Å². The highest BCUT2D eigenvalue weighted by atomic mass is 32.2. The van der Waals surface area contributed by atoms with Gasteiger partial charge >= 0.3 is 0 Å². The highest BCUT2D eigenvalue weighted by molar-refractivity contribution is 7.92. The molecule has 0 saturated carbocycles. The van der Waals surface area contributed by atoms with Crippen molar-refractivity contribution in [1.29, 1.82) is 0 Å². The number of sulfone groups is 6. The maximum atomic E-state index is 12.5. The van der Waals surface area contributed by atoms with Crippen LogP contribution in [0.5, 0.6) is 0 Å². The minimum Gasteiger partial charge on any atom is -0.303 e. The van der Waals surface area contributed by atoms with Gasteiger partial charge in [-0.25, -0.2) is 50.5 Å². The van der Waals surface area contributed by atoms with Crippen LogP contribution in [-0.4, -0.2) is 235 Å². The molecule has 6 fully saturated rings. The molecule has 6 aliphatic heterocycles. The van der Waals surface area contributed by atoms with Crippen molar-refractivity contribution in [3.8, 4) is 0 Å². The fourth-order valence-corrected chi connectivity index (χ4v) is 16.8. The number of hydrogen-bond acceptors (Lipinski definition) is 18. The van der Waals surface area contributed by atoms with E-state index in [0.717, 1.165) is 90.9 Å². The second-order valence-electron chi connectivity index (χ2n) is 28.5. The average Bonchev–Trinajstić information content (AvgIpc) is 0.715. The molecule has 6 aromatic carbocycles. The first-order valence-electron chi connectivity index (χ1n) is 60.6. The highest BCUT2D eigenvalue weighted by Gasteiger charge is 2.29. The fraction of sp³-hybridized carbons (Fsp3) is 0.600. The van der Waals surface area contributed by atoms with Crippen LogP contribution >= 0.6 is 0 Å². The van der Waals surface area contributed by atoms with Crippen LogP contribution in [0.3, 0.4) is 0 Å². The van der Waals surface area contributed by atoms with E-state index in [4.69, 9.17) is 61.7 Å². The van der Waals surface area contributed by atoms with E-state index in [1.54, 1.807) is 23.6 Å². The Morgan fingerprint density at radius 2 is 0.482 bits per heavy atom. The Balaban J connectivity index is 0.000000257. The molecule has 114 heavy (non-hydrogen) atoms. The summed E-state index contributed by atoms with van der Waals surface area (Å²) in [7, 11) is -26.7. The molecule has 18 nitrogen and oxygen atoms in total. The van der Waals surface area contributed by atoms with Crippen LogP contribution in [0.15, 0.2) is 174 Å². The summed E-state index contributed by atoms with van der Waals surface area (Å²) >= 11 is 0. The van der Waals surface area contributed by atoms with Gasteiger partial charge in [0.25, 0.3) is 0 Å². The zero-order valence-corrected chi connectivity index (χ0v) is 71.1. The van der Waals surface area contributed by atoms with Crippen LogP contribution in [0, 0.1) is 0 Å². The van der Waals surface area contributed by atoms with E-state index in [0.29, 0.717) is 102 Å². The van der Waals surface area contributed by atoms with Crippen LogP contribution in [-0.2, 0) is 59.0 Å². The number of nitrogens with zero attached hydrogens (tertiary/aromatic N) is 6. The SMILES string of the molecule is [2H]c1c([2H])c(C2CCCN(C([2H])([2H])C([2H])([2H])C)C2)c([2H])c(S(=O)(=O)C([2H])([2H])[2H])c1[2H].[2H]c1c([2H])c(C2CCCN(C([2H])([2H])C([2H])([2H])C)C2)c([2H])c(S(C)(=O)=O)c1[2H].[2H]c1c([2H])c(C2CCCN(C([2H])([2H])CC)C2)c([2H])c(S(=O)(=O)C([2H])([2H])[2H])c1[2H].[2H]c1c([2H])c(C2CCCN(C([2H])([2H])CC)C2)c([2H])c(S(C)(=O)=O)c1[2H].[2H]c1c([2H])c(C2CCCN(CCC)C2)c([2H])c(S(=O)(=O)C([2H])([2H])[2H])c1[2H].[2H]c1c([2H])c(C2CCCN(CCC)C2)c([2H])c(S(C)(=O)=O)c1[2H]. The van der Waals surface area contributed by atoms with Crippen LogP contribution in [0.25, 0.3) is 0 Å². The molecule has 0 N–H and O–H groups in total. The Morgan fingerprint density at radius 3 is 0.667 bits per heavy atom. The quantitative estimate of drug-likeness (QED) is 0.0549. The third kappa shape index (κ3) is 32.1. The summed E-state index contributed by atoms with van der Waals surface area (Å²) in [5.41, 5.74) is 0.171. The van der Waals surface area contributed by atoms with Crippen LogP contribution in [0.1, 0.15) is 288 Å². The number of rotatable bonds is 24. The van der Waals surface area contributed by atoms with Crippen LogP contribution < -0.4 is 0 Å². The maximum absolute atomic E-state index is 12.5. The van der Waals surface area contributed by atoms with Gasteiger partial charge in [-0.05, 0) is 335 Å². The van der Waals surface area contributed by atoms with Gasteiger partial charge in [0.1, 0.15) is 0 Å². The predicted molar refractivity (Wildman–Crippen MR) is 470 cm³/mol. The first-order chi connectivity index (χ1) is 72.1. The number of piperidine rings is 6. The molecular formula is C90H138N6O12S6. The summed E-state index contributed by atoms with van der Waals surface area (Å²) in [5, 5.41) is 0. The summed E-state index contributed by atoms with van der Waals surface area (Å²) in [6.45, 7) is 8.51. The second-order valence-corrected chi connectivity index (χ2v) is 38.6. The Hall–Kier alpha value is -5.22. The van der Waals surface area contributed by atoms with Gasteiger partial charge in [0.15, 0.2) is 59.0 Å². The first kappa shape index (κ1) is 49.5. The first-order valence-corrected chi connectivity index (χ1v) is 48.2. The maximum Gasteiger partial charge on any atom is 0.175 e. The van der Waals surface area contributed by atoms with Gasteiger partial charge in [-0.3, -0.25) is 0 Å². The summed E-state index contributed by atoms with van der Waals surface area (Å²) in [6, 6.07) is -14.0. The summed E-state index contributed by atoms with van der Waals surface area (Å²) in [4.78, 5) is 5.45. The van der Waals surface area contributed by atoms with Crippen molar-refractivity contribution in [3.63, 3.8) is 0 Å². The molecule has 24 heteroatoms. The van der Waals surface area contributed by atoms with Gasteiger partial charge < -0.3 is 29.4 Å². The number of hydrogen-bond donors (Lipinski definition) is 0. The van der Waals surface area contributed by atoms with E-state index in [9.17, 15) is 50.5 Å². The summed E-state index contributed by atoms with van der Waals surface area (Å²) in [5.74, 6) is -2.86. The van der Waals surface area contributed by atoms with Crippen LogP contribution in [0.2, 0.25) is 0 Å². The molecule has 0 radical (unpaired) electrons. The second kappa shape index (κ2) is 46.4. The van der Waals surface area contributed by atoms with E-state index in [-0.39, 0.29) is 103 Å². The Labute approximate surface area is 753 Å². The minimum atomic E-state index is -5.13. The third-order valence-electron chi connectivity index (χ3n) is 19.2. The zero-order chi connectivity index (χ0) is 122. The topological polar surface area (TPSA) is 224 Å². The summed E-state index contributed by atoms with van der Waals surface area (Å²) in [6.07, 6.45) is -2.73. The molecule has 636 valence electrons. The molecule has 0 bridgehead atoms. The monoisotopic (exact) mass is 1730 g/mol. The van der Waals surface area contributed by atoms with Gasteiger partial charge in [0, 0.05) is 105 Å². The van der Waals surface area contributed by atoms with Gasteiger partial charge in [-0.15, -0.1) is 0 Å². The smallest absolute Gasteiger partial charge is 0.175 e. The molecular weight excluding hydrogens is 1550 g/mol. The molecule has 0 amide bonds. The van der Waals surface area contributed by atoms with Crippen molar-refractivity contribution in [2.75, 3.05) is 155 Å². The van der Waals surface area contributed by atoms with Crippen molar-refractivity contribution < 1.29 is 112 Å². The Morgan fingerprint density at radius 1 is 0.289 bits per heavy atom. The molecule has 6 unspecified atom stereocenters. The molecule has 6 aliphatic rings. The Kier molecular flexibility index (Phi) is 20.1. The van der Waals surface area contributed by atoms with Crippen molar-refractivity contribution >= 4 is 59.0 Å². The average molecular weight is 1730 g/mol. The van der Waals surface area contributed by atoms with Gasteiger partial charge in [0.05, 0.1) is 62.3 Å². The van der Waals surface area contributed by atoms with E-state index < -0.39 is 290 Å². The number of benzene rings is 6. The van der Waals surface area contributed by atoms with Crippen LogP contribution in [0.4, 0.5) is 0 Å². The molecule has 12 rings (SSSR count). The Bertz CT molecular complexity index is 7060. The molecule has 6 saturated heterocycles.